The van der Waals surface area contributed by atoms with Gasteiger partial charge in [0.1, 0.15) is 0 Å². The van der Waals surface area contributed by atoms with E-state index in [1.54, 1.807) is 0 Å². The summed E-state index contributed by atoms with van der Waals surface area (Å²) in [7, 11) is 0. The van der Waals surface area contributed by atoms with Gasteiger partial charge in [-0.05, 0) is 36.9 Å². The van der Waals surface area contributed by atoms with Gasteiger partial charge in [-0.15, -0.1) is 0 Å². The Morgan fingerprint density at radius 1 is 1.21 bits per heavy atom. The molecule has 3 aliphatic heterocycles. The molecule has 0 aromatic carbocycles. The van der Waals surface area contributed by atoms with Crippen molar-refractivity contribution in [3.05, 3.63) is 0 Å². The summed E-state index contributed by atoms with van der Waals surface area (Å²) in [6.45, 7) is 2.59. The molecular weight excluding hydrogens is 192 g/mol. The number of rotatable bonds is 1. The van der Waals surface area contributed by atoms with Gasteiger partial charge in [0.15, 0.2) is 0 Å². The first-order valence-corrected chi connectivity index (χ1v) is 7.07. The predicted molar refractivity (Wildman–Crippen MR) is 61.5 cm³/mol. The largest absolute Gasteiger partial charge is 0.327 e. The monoisotopic (exact) mass is 212 g/mol. The van der Waals surface area contributed by atoms with E-state index in [9.17, 15) is 0 Å². The molecule has 4 rings (SSSR count). The highest BCUT2D eigenvalue weighted by Gasteiger charge is 2.45. The molecule has 3 atom stereocenters. The molecule has 4 aliphatic rings. The lowest BCUT2D eigenvalue weighted by Gasteiger charge is -2.54. The van der Waals surface area contributed by atoms with Crippen LogP contribution in [0.1, 0.15) is 19.3 Å². The number of hydrogen-bond acceptors (Lipinski definition) is 3. The summed E-state index contributed by atoms with van der Waals surface area (Å²) in [6, 6.07) is 1.43. The molecular formula is C11H20N2S. The van der Waals surface area contributed by atoms with Gasteiger partial charge in [0.25, 0.3) is 0 Å². The average Bonchev–Trinajstić information content (AvgIpc) is 2.30. The van der Waals surface area contributed by atoms with Gasteiger partial charge >= 0.3 is 0 Å². The Morgan fingerprint density at radius 2 is 2.00 bits per heavy atom. The van der Waals surface area contributed by atoms with Crippen LogP contribution in [-0.2, 0) is 0 Å². The van der Waals surface area contributed by atoms with E-state index in [-0.39, 0.29) is 0 Å². The minimum absolute atomic E-state index is 0.544. The Kier molecular flexibility index (Phi) is 2.50. The van der Waals surface area contributed by atoms with E-state index in [0.29, 0.717) is 6.04 Å². The first-order chi connectivity index (χ1) is 6.84. The first kappa shape index (κ1) is 9.49. The normalized spacial score (nSPS) is 48.6. The Labute approximate surface area is 90.6 Å². The van der Waals surface area contributed by atoms with Crippen LogP contribution in [0.2, 0.25) is 0 Å². The van der Waals surface area contributed by atoms with Crippen molar-refractivity contribution in [1.82, 2.24) is 4.90 Å². The Bertz CT molecular complexity index is 203. The third kappa shape index (κ3) is 1.50. The van der Waals surface area contributed by atoms with E-state index in [1.165, 1.54) is 43.9 Å². The molecule has 80 valence electrons. The molecule has 1 saturated carbocycles. The molecule has 2 bridgehead atoms. The number of piperidine rings is 2. The molecule has 0 radical (unpaired) electrons. The quantitative estimate of drug-likeness (QED) is 0.707. The second kappa shape index (κ2) is 3.69. The summed E-state index contributed by atoms with van der Waals surface area (Å²) in [5.41, 5.74) is 6.09. The van der Waals surface area contributed by atoms with E-state index in [4.69, 9.17) is 5.73 Å². The Morgan fingerprint density at radius 3 is 2.57 bits per heavy atom. The van der Waals surface area contributed by atoms with Gasteiger partial charge in [-0.3, -0.25) is 4.90 Å². The zero-order valence-corrected chi connectivity index (χ0v) is 9.51. The molecule has 3 heterocycles. The van der Waals surface area contributed by atoms with Crippen molar-refractivity contribution in [2.45, 2.75) is 31.3 Å². The zero-order valence-electron chi connectivity index (χ0n) is 8.69. The van der Waals surface area contributed by atoms with Gasteiger partial charge in [0, 0.05) is 30.9 Å². The van der Waals surface area contributed by atoms with Gasteiger partial charge in [-0.25, -0.2) is 0 Å². The van der Waals surface area contributed by atoms with Crippen LogP contribution >= 0.6 is 11.8 Å². The average molecular weight is 212 g/mol. The number of fused-ring (bicyclic) bond motifs is 2. The number of thioether (sulfide) groups is 1. The van der Waals surface area contributed by atoms with Crippen molar-refractivity contribution < 1.29 is 0 Å². The Balaban J connectivity index is 1.59. The van der Waals surface area contributed by atoms with Crippen molar-refractivity contribution in [2.24, 2.45) is 17.6 Å². The summed E-state index contributed by atoms with van der Waals surface area (Å²) < 4.78 is 0. The van der Waals surface area contributed by atoms with Crippen LogP contribution in [0.3, 0.4) is 0 Å². The lowest BCUT2D eigenvalue weighted by Crippen LogP contribution is -2.64. The molecule has 0 spiro atoms. The molecule has 3 heteroatoms. The maximum absolute atomic E-state index is 6.09. The molecule has 0 amide bonds. The van der Waals surface area contributed by atoms with Gasteiger partial charge in [0.05, 0.1) is 0 Å². The third-order valence-electron chi connectivity index (χ3n) is 4.28. The van der Waals surface area contributed by atoms with E-state index in [2.05, 4.69) is 16.7 Å². The minimum Gasteiger partial charge on any atom is -0.327 e. The van der Waals surface area contributed by atoms with Crippen LogP contribution < -0.4 is 5.73 Å². The van der Waals surface area contributed by atoms with E-state index < -0.39 is 0 Å². The van der Waals surface area contributed by atoms with Gasteiger partial charge < -0.3 is 5.73 Å². The maximum atomic E-state index is 6.09. The molecule has 1 aliphatic carbocycles. The molecule has 4 fully saturated rings. The van der Waals surface area contributed by atoms with Crippen molar-refractivity contribution in [3.8, 4) is 0 Å². The van der Waals surface area contributed by atoms with Crippen LogP contribution in [0, 0.1) is 11.8 Å². The fourth-order valence-electron chi connectivity index (χ4n) is 3.27. The molecule has 2 nitrogen and oxygen atoms in total. The van der Waals surface area contributed by atoms with Crippen molar-refractivity contribution in [1.29, 1.82) is 0 Å². The van der Waals surface area contributed by atoms with Crippen LogP contribution in [0.15, 0.2) is 0 Å². The van der Waals surface area contributed by atoms with E-state index in [1.807, 2.05) is 0 Å². The summed E-state index contributed by atoms with van der Waals surface area (Å²) in [5.74, 6) is 4.42. The van der Waals surface area contributed by atoms with Gasteiger partial charge in [-0.1, -0.05) is 0 Å². The van der Waals surface area contributed by atoms with Crippen LogP contribution in [0.25, 0.3) is 0 Å². The third-order valence-corrected chi connectivity index (χ3v) is 5.48. The Hall–Kier alpha value is 0.270. The smallest absolute Gasteiger partial charge is 0.0186 e. The second-order valence-electron chi connectivity index (χ2n) is 5.16. The highest BCUT2D eigenvalue weighted by molar-refractivity contribution is 7.99. The van der Waals surface area contributed by atoms with Gasteiger partial charge in [-0.2, -0.15) is 11.8 Å². The second-order valence-corrected chi connectivity index (χ2v) is 6.31. The van der Waals surface area contributed by atoms with E-state index in [0.717, 1.165) is 17.9 Å². The summed E-state index contributed by atoms with van der Waals surface area (Å²) in [5, 5.41) is 0. The molecule has 2 N–H and O–H groups in total. The van der Waals surface area contributed by atoms with Crippen LogP contribution in [0.5, 0.6) is 0 Å². The standard InChI is InChI=1S/C11H20N2S/c12-11-8-4-9(11)6-13(5-8)10-2-1-3-14-7-10/h8-11H,1-7,12H2. The minimum atomic E-state index is 0.544. The van der Waals surface area contributed by atoms with Crippen molar-refractivity contribution in [2.75, 3.05) is 24.6 Å². The number of nitrogens with zero attached hydrogens (tertiary/aromatic N) is 1. The van der Waals surface area contributed by atoms with Crippen LogP contribution in [-0.4, -0.2) is 41.6 Å². The highest BCUT2D eigenvalue weighted by Crippen LogP contribution is 2.40. The fraction of sp³-hybridized carbons (Fsp3) is 1.00. The predicted octanol–water partition coefficient (Wildman–Crippen LogP) is 1.16. The first-order valence-electron chi connectivity index (χ1n) is 5.92. The molecule has 3 unspecified atom stereocenters. The van der Waals surface area contributed by atoms with Crippen LogP contribution in [0.4, 0.5) is 0 Å². The van der Waals surface area contributed by atoms with E-state index >= 15 is 0 Å². The van der Waals surface area contributed by atoms with Crippen molar-refractivity contribution >= 4 is 11.8 Å². The SMILES string of the molecule is NC1C2CC1CN(C1CCCSC1)C2. The zero-order chi connectivity index (χ0) is 9.54. The number of nitrogens with two attached hydrogens (primary N) is 1. The molecule has 3 saturated heterocycles. The van der Waals surface area contributed by atoms with Crippen molar-refractivity contribution in [3.63, 3.8) is 0 Å². The topological polar surface area (TPSA) is 29.3 Å². The molecule has 0 aromatic rings. The number of hydrogen-bond donors (Lipinski definition) is 1. The molecule has 14 heavy (non-hydrogen) atoms. The van der Waals surface area contributed by atoms with Gasteiger partial charge in [0.2, 0.25) is 0 Å². The maximum Gasteiger partial charge on any atom is 0.0186 e. The fourth-order valence-corrected chi connectivity index (χ4v) is 4.46. The highest BCUT2D eigenvalue weighted by atomic mass is 32.2. The molecule has 0 aromatic heterocycles. The lowest BCUT2D eigenvalue weighted by atomic mass is 9.66. The summed E-state index contributed by atoms with van der Waals surface area (Å²) >= 11 is 2.14. The lowest BCUT2D eigenvalue weighted by molar-refractivity contribution is -0.0171. The summed E-state index contributed by atoms with van der Waals surface area (Å²) in [4.78, 5) is 2.73. The summed E-state index contributed by atoms with van der Waals surface area (Å²) in [6.07, 6.45) is 4.27.